The fraction of sp³-hybridized carbons (Fsp3) is 0.571. The zero-order valence-corrected chi connectivity index (χ0v) is 11.8. The van der Waals surface area contributed by atoms with Crippen LogP contribution in [0.3, 0.4) is 0 Å². The topological polar surface area (TPSA) is 74.2 Å². The quantitative estimate of drug-likeness (QED) is 0.701. The Kier molecular flexibility index (Phi) is 6.29. The Labute approximate surface area is 114 Å². The summed E-state index contributed by atoms with van der Waals surface area (Å²) in [5.41, 5.74) is 0.549. The molecule has 1 heterocycles. The number of aliphatic hydroxyl groups excluding tert-OH is 1. The Bertz CT molecular complexity index is 407. The van der Waals surface area contributed by atoms with E-state index in [9.17, 15) is 4.79 Å². The molecule has 0 saturated heterocycles. The van der Waals surface area contributed by atoms with Gasteiger partial charge in [0.05, 0.1) is 5.56 Å². The first-order valence-corrected chi connectivity index (χ1v) is 6.65. The second-order valence-corrected chi connectivity index (χ2v) is 5.03. The van der Waals surface area contributed by atoms with Gasteiger partial charge in [0.25, 0.3) is 5.91 Å². The average Bonchev–Trinajstić information content (AvgIpc) is 2.36. The third kappa shape index (κ3) is 5.26. The molecule has 0 saturated carbocycles. The van der Waals surface area contributed by atoms with E-state index in [1.807, 2.05) is 20.8 Å². The summed E-state index contributed by atoms with van der Waals surface area (Å²) in [5.74, 6) is 0.720. The van der Waals surface area contributed by atoms with Crippen molar-refractivity contribution in [3.05, 3.63) is 23.9 Å². The molecule has 106 valence electrons. The number of carbonyl (C=O) groups is 1. The standard InChI is InChI=1S/C14H23N3O2/c1-10(2)17-13-12(5-4-7-15-13)14(19)16-9-11(3)6-8-18/h4-5,7,10-11,18H,6,8-9H2,1-3H3,(H,15,17)(H,16,19). The van der Waals surface area contributed by atoms with E-state index in [2.05, 4.69) is 15.6 Å². The lowest BCUT2D eigenvalue weighted by Gasteiger charge is -2.15. The van der Waals surface area contributed by atoms with E-state index in [0.29, 0.717) is 24.3 Å². The zero-order chi connectivity index (χ0) is 14.3. The van der Waals surface area contributed by atoms with Crippen molar-refractivity contribution in [2.45, 2.75) is 33.2 Å². The van der Waals surface area contributed by atoms with Gasteiger partial charge in [-0.2, -0.15) is 0 Å². The minimum absolute atomic E-state index is 0.138. The molecule has 0 spiro atoms. The van der Waals surface area contributed by atoms with Crippen LogP contribution in [-0.4, -0.2) is 35.2 Å². The largest absolute Gasteiger partial charge is 0.396 e. The number of nitrogens with zero attached hydrogens (tertiary/aromatic N) is 1. The minimum Gasteiger partial charge on any atom is -0.396 e. The molecular weight excluding hydrogens is 242 g/mol. The van der Waals surface area contributed by atoms with Crippen LogP contribution in [0.25, 0.3) is 0 Å². The van der Waals surface area contributed by atoms with Crippen LogP contribution in [0.2, 0.25) is 0 Å². The predicted molar refractivity (Wildman–Crippen MR) is 76.2 cm³/mol. The lowest BCUT2D eigenvalue weighted by molar-refractivity contribution is 0.0946. The molecule has 1 unspecified atom stereocenters. The van der Waals surface area contributed by atoms with Crippen molar-refractivity contribution in [1.82, 2.24) is 10.3 Å². The van der Waals surface area contributed by atoms with Gasteiger partial charge in [-0.1, -0.05) is 6.92 Å². The molecule has 1 rings (SSSR count). The molecule has 1 aromatic heterocycles. The first-order chi connectivity index (χ1) is 9.04. The smallest absolute Gasteiger partial charge is 0.255 e. The average molecular weight is 265 g/mol. The van der Waals surface area contributed by atoms with Crippen LogP contribution in [-0.2, 0) is 0 Å². The van der Waals surface area contributed by atoms with E-state index >= 15 is 0 Å². The summed E-state index contributed by atoms with van der Waals surface area (Å²) < 4.78 is 0. The van der Waals surface area contributed by atoms with Crippen molar-refractivity contribution >= 4 is 11.7 Å². The molecule has 3 N–H and O–H groups in total. The van der Waals surface area contributed by atoms with Crippen LogP contribution >= 0.6 is 0 Å². The molecule has 5 nitrogen and oxygen atoms in total. The number of hydrogen-bond donors (Lipinski definition) is 3. The van der Waals surface area contributed by atoms with Gasteiger partial charge in [0, 0.05) is 25.4 Å². The molecule has 1 amide bonds. The number of aromatic nitrogens is 1. The summed E-state index contributed by atoms with van der Waals surface area (Å²) >= 11 is 0. The number of hydrogen-bond acceptors (Lipinski definition) is 4. The van der Waals surface area contributed by atoms with Crippen molar-refractivity contribution in [3.8, 4) is 0 Å². The Morgan fingerprint density at radius 1 is 1.42 bits per heavy atom. The number of aliphatic hydroxyl groups is 1. The van der Waals surface area contributed by atoms with Crippen LogP contribution in [0.15, 0.2) is 18.3 Å². The third-order valence-corrected chi connectivity index (χ3v) is 2.71. The summed E-state index contributed by atoms with van der Waals surface area (Å²) in [6.45, 7) is 6.69. The van der Waals surface area contributed by atoms with E-state index in [-0.39, 0.29) is 24.5 Å². The lowest BCUT2D eigenvalue weighted by atomic mass is 10.1. The van der Waals surface area contributed by atoms with Gasteiger partial charge < -0.3 is 15.7 Å². The highest BCUT2D eigenvalue weighted by Crippen LogP contribution is 2.12. The monoisotopic (exact) mass is 265 g/mol. The van der Waals surface area contributed by atoms with E-state index in [1.54, 1.807) is 18.3 Å². The summed E-state index contributed by atoms with van der Waals surface area (Å²) in [7, 11) is 0. The molecule has 0 aliphatic heterocycles. The van der Waals surface area contributed by atoms with Crippen LogP contribution < -0.4 is 10.6 Å². The lowest BCUT2D eigenvalue weighted by Crippen LogP contribution is -2.30. The van der Waals surface area contributed by atoms with E-state index in [0.717, 1.165) is 0 Å². The normalized spacial score (nSPS) is 12.3. The summed E-state index contributed by atoms with van der Waals surface area (Å²) in [5, 5.41) is 14.9. The number of amides is 1. The van der Waals surface area contributed by atoms with Gasteiger partial charge in [0.2, 0.25) is 0 Å². The molecule has 0 bridgehead atoms. The zero-order valence-electron chi connectivity index (χ0n) is 11.8. The second kappa shape index (κ2) is 7.74. The number of rotatable bonds is 7. The van der Waals surface area contributed by atoms with Gasteiger partial charge in [0.15, 0.2) is 0 Å². The van der Waals surface area contributed by atoms with Gasteiger partial charge in [-0.05, 0) is 38.3 Å². The highest BCUT2D eigenvalue weighted by atomic mass is 16.3. The number of carbonyl (C=O) groups excluding carboxylic acids is 1. The molecule has 5 heteroatoms. The van der Waals surface area contributed by atoms with Crippen molar-refractivity contribution in [2.75, 3.05) is 18.5 Å². The fourth-order valence-electron chi connectivity index (χ4n) is 1.66. The van der Waals surface area contributed by atoms with Crippen molar-refractivity contribution in [1.29, 1.82) is 0 Å². The van der Waals surface area contributed by atoms with Crippen molar-refractivity contribution in [2.24, 2.45) is 5.92 Å². The molecule has 0 radical (unpaired) electrons. The molecule has 1 atom stereocenters. The second-order valence-electron chi connectivity index (χ2n) is 5.03. The van der Waals surface area contributed by atoms with Crippen LogP contribution in [0.5, 0.6) is 0 Å². The summed E-state index contributed by atoms with van der Waals surface area (Å²) in [6, 6.07) is 3.72. The van der Waals surface area contributed by atoms with E-state index in [1.165, 1.54) is 0 Å². The first-order valence-electron chi connectivity index (χ1n) is 6.65. The van der Waals surface area contributed by atoms with E-state index in [4.69, 9.17) is 5.11 Å². The minimum atomic E-state index is -0.138. The maximum atomic E-state index is 12.1. The molecule has 1 aromatic rings. The van der Waals surface area contributed by atoms with Crippen molar-refractivity contribution < 1.29 is 9.90 Å². The van der Waals surface area contributed by atoms with Gasteiger partial charge in [-0.3, -0.25) is 4.79 Å². The van der Waals surface area contributed by atoms with Crippen LogP contribution in [0.4, 0.5) is 5.82 Å². The van der Waals surface area contributed by atoms with Gasteiger partial charge in [-0.25, -0.2) is 4.98 Å². The molecule has 0 fully saturated rings. The van der Waals surface area contributed by atoms with Crippen LogP contribution in [0, 0.1) is 5.92 Å². The molecular formula is C14H23N3O2. The Morgan fingerprint density at radius 2 is 2.16 bits per heavy atom. The molecule has 0 aromatic carbocycles. The Balaban J connectivity index is 2.66. The molecule has 0 aliphatic rings. The predicted octanol–water partition coefficient (Wildman–Crippen LogP) is 1.65. The molecule has 19 heavy (non-hydrogen) atoms. The van der Waals surface area contributed by atoms with Gasteiger partial charge in [0.1, 0.15) is 5.82 Å². The van der Waals surface area contributed by atoms with Gasteiger partial charge >= 0.3 is 0 Å². The highest BCUT2D eigenvalue weighted by Gasteiger charge is 2.13. The number of nitrogens with one attached hydrogen (secondary N) is 2. The van der Waals surface area contributed by atoms with E-state index < -0.39 is 0 Å². The fourth-order valence-corrected chi connectivity index (χ4v) is 1.66. The molecule has 0 aliphatic carbocycles. The first kappa shape index (κ1) is 15.4. The van der Waals surface area contributed by atoms with Crippen molar-refractivity contribution in [3.63, 3.8) is 0 Å². The number of pyridine rings is 1. The number of anilines is 1. The SMILES string of the molecule is CC(CCO)CNC(=O)c1cccnc1NC(C)C. The summed E-state index contributed by atoms with van der Waals surface area (Å²) in [4.78, 5) is 16.3. The maximum absolute atomic E-state index is 12.1. The highest BCUT2D eigenvalue weighted by molar-refractivity contribution is 5.98. The summed E-state index contributed by atoms with van der Waals surface area (Å²) in [6.07, 6.45) is 2.35. The Morgan fingerprint density at radius 3 is 2.79 bits per heavy atom. The maximum Gasteiger partial charge on any atom is 0.255 e. The van der Waals surface area contributed by atoms with Gasteiger partial charge in [-0.15, -0.1) is 0 Å². The third-order valence-electron chi connectivity index (χ3n) is 2.71. The Hall–Kier alpha value is -1.62. The van der Waals surface area contributed by atoms with Crippen LogP contribution in [0.1, 0.15) is 37.6 Å².